The van der Waals surface area contributed by atoms with Crippen molar-refractivity contribution >= 4 is 11.8 Å². The van der Waals surface area contributed by atoms with Crippen molar-refractivity contribution in [2.75, 3.05) is 6.54 Å². The lowest BCUT2D eigenvalue weighted by Gasteiger charge is -2.40. The second-order valence-electron chi connectivity index (χ2n) is 6.39. The van der Waals surface area contributed by atoms with Gasteiger partial charge >= 0.3 is 0 Å². The summed E-state index contributed by atoms with van der Waals surface area (Å²) in [6, 6.07) is 7.97. The van der Waals surface area contributed by atoms with Gasteiger partial charge in [0.15, 0.2) is 0 Å². The van der Waals surface area contributed by atoms with E-state index in [0.29, 0.717) is 25.9 Å². The highest BCUT2D eigenvalue weighted by molar-refractivity contribution is 5.91. The monoisotopic (exact) mass is 272 g/mol. The summed E-state index contributed by atoms with van der Waals surface area (Å²) in [5.74, 6) is 0.0402. The van der Waals surface area contributed by atoms with Gasteiger partial charge < -0.3 is 10.2 Å². The van der Waals surface area contributed by atoms with Crippen LogP contribution >= 0.6 is 0 Å². The molecule has 1 saturated heterocycles. The van der Waals surface area contributed by atoms with Gasteiger partial charge in [-0.2, -0.15) is 0 Å². The van der Waals surface area contributed by atoms with Gasteiger partial charge in [-0.1, -0.05) is 38.1 Å². The van der Waals surface area contributed by atoms with Gasteiger partial charge in [0.25, 0.3) is 0 Å². The SMILES string of the molecule is CC1(C)CN(C(=O)C2CCC(=O)N2)Cc2ccccc21. The summed E-state index contributed by atoms with van der Waals surface area (Å²) in [7, 11) is 0. The third kappa shape index (κ3) is 2.19. The molecule has 2 aliphatic rings. The van der Waals surface area contributed by atoms with E-state index in [-0.39, 0.29) is 23.3 Å². The van der Waals surface area contributed by atoms with E-state index in [0.717, 1.165) is 0 Å². The van der Waals surface area contributed by atoms with Gasteiger partial charge in [-0.25, -0.2) is 0 Å². The minimum Gasteiger partial charge on any atom is -0.344 e. The van der Waals surface area contributed by atoms with E-state index in [1.54, 1.807) is 0 Å². The molecule has 0 bridgehead atoms. The lowest BCUT2D eigenvalue weighted by atomic mass is 9.78. The van der Waals surface area contributed by atoms with E-state index in [4.69, 9.17) is 0 Å². The molecule has 1 fully saturated rings. The summed E-state index contributed by atoms with van der Waals surface area (Å²) in [4.78, 5) is 25.7. The van der Waals surface area contributed by atoms with Crippen LogP contribution < -0.4 is 5.32 Å². The predicted octanol–water partition coefficient (Wildman–Crippen LogP) is 1.58. The first kappa shape index (κ1) is 13.2. The molecular formula is C16H20N2O2. The summed E-state index contributed by atoms with van der Waals surface area (Å²) in [5.41, 5.74) is 2.48. The molecule has 1 atom stereocenters. The van der Waals surface area contributed by atoms with Crippen LogP contribution in [0.1, 0.15) is 37.8 Å². The standard InChI is InChI=1S/C16H20N2O2/c1-16(2)10-18(9-11-5-3-4-6-12(11)16)15(20)13-7-8-14(19)17-13/h3-6,13H,7-10H2,1-2H3,(H,17,19). The molecule has 0 aliphatic carbocycles. The van der Waals surface area contributed by atoms with Crippen molar-refractivity contribution in [3.8, 4) is 0 Å². The van der Waals surface area contributed by atoms with E-state index in [2.05, 4.69) is 37.4 Å². The summed E-state index contributed by atoms with van der Waals surface area (Å²) in [5, 5.41) is 2.77. The number of nitrogens with zero attached hydrogens (tertiary/aromatic N) is 1. The maximum absolute atomic E-state index is 12.6. The van der Waals surface area contributed by atoms with Crippen LogP contribution in [0, 0.1) is 0 Å². The Morgan fingerprint density at radius 3 is 2.80 bits per heavy atom. The number of amides is 2. The molecular weight excluding hydrogens is 252 g/mol. The Balaban J connectivity index is 1.84. The molecule has 1 unspecified atom stereocenters. The van der Waals surface area contributed by atoms with Gasteiger partial charge in [0.1, 0.15) is 6.04 Å². The van der Waals surface area contributed by atoms with Crippen LogP contribution in [0.15, 0.2) is 24.3 Å². The quantitative estimate of drug-likeness (QED) is 0.844. The lowest BCUT2D eigenvalue weighted by Crippen LogP contribution is -2.50. The van der Waals surface area contributed by atoms with E-state index >= 15 is 0 Å². The minimum atomic E-state index is -0.330. The van der Waals surface area contributed by atoms with E-state index in [1.807, 2.05) is 11.0 Å². The van der Waals surface area contributed by atoms with Crippen molar-refractivity contribution in [2.24, 2.45) is 0 Å². The molecule has 0 aromatic heterocycles. The van der Waals surface area contributed by atoms with Crippen LogP contribution in [-0.2, 0) is 21.5 Å². The fourth-order valence-electron chi connectivity index (χ4n) is 3.32. The Morgan fingerprint density at radius 2 is 2.10 bits per heavy atom. The summed E-state index contributed by atoms with van der Waals surface area (Å²) >= 11 is 0. The molecule has 1 aromatic carbocycles. The van der Waals surface area contributed by atoms with Crippen LogP contribution in [0.25, 0.3) is 0 Å². The smallest absolute Gasteiger partial charge is 0.245 e. The fraction of sp³-hybridized carbons (Fsp3) is 0.500. The van der Waals surface area contributed by atoms with Crippen molar-refractivity contribution in [3.63, 3.8) is 0 Å². The van der Waals surface area contributed by atoms with Crippen LogP contribution in [0.3, 0.4) is 0 Å². The molecule has 1 N–H and O–H groups in total. The molecule has 2 heterocycles. The molecule has 0 radical (unpaired) electrons. The van der Waals surface area contributed by atoms with Gasteiger partial charge in [0.05, 0.1) is 0 Å². The molecule has 1 aromatic rings. The van der Waals surface area contributed by atoms with E-state index < -0.39 is 0 Å². The number of hydrogen-bond acceptors (Lipinski definition) is 2. The Labute approximate surface area is 119 Å². The van der Waals surface area contributed by atoms with Crippen molar-refractivity contribution in [2.45, 2.75) is 44.7 Å². The number of rotatable bonds is 1. The molecule has 2 aliphatic heterocycles. The molecule has 0 spiro atoms. The van der Waals surface area contributed by atoms with Gasteiger partial charge in [-0.05, 0) is 17.5 Å². The number of carbonyl (C=O) groups excluding carboxylic acids is 2. The largest absolute Gasteiger partial charge is 0.344 e. The minimum absolute atomic E-state index is 0.0139. The molecule has 3 rings (SSSR count). The van der Waals surface area contributed by atoms with Crippen molar-refractivity contribution < 1.29 is 9.59 Å². The Hall–Kier alpha value is -1.84. The van der Waals surface area contributed by atoms with E-state index in [9.17, 15) is 9.59 Å². The Kier molecular flexibility index (Phi) is 3.04. The van der Waals surface area contributed by atoms with Gasteiger partial charge in [0, 0.05) is 24.9 Å². The average Bonchev–Trinajstić information content (AvgIpc) is 2.84. The zero-order valence-corrected chi connectivity index (χ0v) is 12.0. The maximum atomic E-state index is 12.6. The maximum Gasteiger partial charge on any atom is 0.245 e. The molecule has 2 amide bonds. The number of fused-ring (bicyclic) bond motifs is 1. The number of nitrogens with one attached hydrogen (secondary N) is 1. The molecule has 0 saturated carbocycles. The van der Waals surface area contributed by atoms with Crippen LogP contribution in [0.4, 0.5) is 0 Å². The third-order valence-electron chi connectivity index (χ3n) is 4.30. The first-order valence-electron chi connectivity index (χ1n) is 7.14. The van der Waals surface area contributed by atoms with Crippen LogP contribution in [0.5, 0.6) is 0 Å². The lowest BCUT2D eigenvalue weighted by molar-refractivity contribution is -0.136. The van der Waals surface area contributed by atoms with E-state index in [1.165, 1.54) is 11.1 Å². The molecule has 106 valence electrons. The highest BCUT2D eigenvalue weighted by atomic mass is 16.2. The summed E-state index contributed by atoms with van der Waals surface area (Å²) in [6.07, 6.45) is 1.08. The van der Waals surface area contributed by atoms with Crippen molar-refractivity contribution in [3.05, 3.63) is 35.4 Å². The second-order valence-corrected chi connectivity index (χ2v) is 6.39. The first-order valence-corrected chi connectivity index (χ1v) is 7.14. The number of benzene rings is 1. The fourth-order valence-corrected chi connectivity index (χ4v) is 3.32. The second kappa shape index (κ2) is 4.62. The molecule has 20 heavy (non-hydrogen) atoms. The summed E-state index contributed by atoms with van der Waals surface area (Å²) in [6.45, 7) is 5.68. The van der Waals surface area contributed by atoms with Crippen molar-refractivity contribution in [1.29, 1.82) is 0 Å². The number of hydrogen-bond donors (Lipinski definition) is 1. The molecule has 4 heteroatoms. The topological polar surface area (TPSA) is 49.4 Å². The summed E-state index contributed by atoms with van der Waals surface area (Å²) < 4.78 is 0. The predicted molar refractivity (Wildman–Crippen MR) is 76.0 cm³/mol. The molecule has 4 nitrogen and oxygen atoms in total. The van der Waals surface area contributed by atoms with Crippen LogP contribution in [0.2, 0.25) is 0 Å². The van der Waals surface area contributed by atoms with Crippen molar-refractivity contribution in [1.82, 2.24) is 10.2 Å². The van der Waals surface area contributed by atoms with Gasteiger partial charge in [-0.15, -0.1) is 0 Å². The average molecular weight is 272 g/mol. The number of carbonyl (C=O) groups is 2. The Bertz CT molecular complexity index is 565. The van der Waals surface area contributed by atoms with Gasteiger partial charge in [-0.3, -0.25) is 9.59 Å². The normalized spacial score (nSPS) is 24.2. The highest BCUT2D eigenvalue weighted by Gasteiger charge is 2.37. The zero-order chi connectivity index (χ0) is 14.3. The third-order valence-corrected chi connectivity index (χ3v) is 4.30. The zero-order valence-electron chi connectivity index (χ0n) is 12.0. The van der Waals surface area contributed by atoms with Crippen LogP contribution in [-0.4, -0.2) is 29.3 Å². The van der Waals surface area contributed by atoms with Gasteiger partial charge in [0.2, 0.25) is 11.8 Å². The first-order chi connectivity index (χ1) is 9.47. The Morgan fingerprint density at radius 1 is 1.35 bits per heavy atom. The highest BCUT2D eigenvalue weighted by Crippen LogP contribution is 2.33.